The monoisotopic (exact) mass is 411 g/mol. The average molecular weight is 412 g/mol. The molecule has 1 aliphatic rings. The van der Waals surface area contributed by atoms with Gasteiger partial charge in [0.2, 0.25) is 5.91 Å². The molecule has 1 amide bonds. The summed E-state index contributed by atoms with van der Waals surface area (Å²) in [5.41, 5.74) is 7.16. The van der Waals surface area contributed by atoms with Crippen molar-refractivity contribution in [2.45, 2.75) is 44.6 Å². The van der Waals surface area contributed by atoms with Crippen molar-refractivity contribution in [1.29, 1.82) is 0 Å². The van der Waals surface area contributed by atoms with Gasteiger partial charge in [-0.3, -0.25) is 4.79 Å². The molecule has 5 heteroatoms. The molecule has 30 heavy (non-hydrogen) atoms. The fourth-order valence-electron chi connectivity index (χ4n) is 4.68. The molecule has 2 aromatic carbocycles. The summed E-state index contributed by atoms with van der Waals surface area (Å²) in [5, 5.41) is 12.0. The molecule has 2 unspecified atom stereocenters. The van der Waals surface area contributed by atoms with Gasteiger partial charge in [-0.1, -0.05) is 56.7 Å². The number of hydrogen-bond acceptors (Lipinski definition) is 3. The van der Waals surface area contributed by atoms with Crippen molar-refractivity contribution in [1.82, 2.24) is 4.90 Å². The number of nitrogens with zero attached hydrogens (tertiary/aromatic N) is 1. The predicted octanol–water partition coefficient (Wildman–Crippen LogP) is 4.05. The number of rotatable bonds is 7. The van der Waals surface area contributed by atoms with Crippen LogP contribution in [-0.4, -0.2) is 35.5 Å². The van der Waals surface area contributed by atoms with Gasteiger partial charge in [-0.05, 0) is 48.4 Å². The van der Waals surface area contributed by atoms with Gasteiger partial charge in [0.1, 0.15) is 5.82 Å². The van der Waals surface area contributed by atoms with Crippen LogP contribution in [0.1, 0.15) is 43.7 Å². The largest absolute Gasteiger partial charge is 0.385 e. The normalized spacial score (nSPS) is 18.8. The molecule has 161 valence electrons. The summed E-state index contributed by atoms with van der Waals surface area (Å²) in [5.74, 6) is -0.681. The molecule has 4 nitrogen and oxygen atoms in total. The fourth-order valence-corrected chi connectivity index (χ4v) is 4.68. The van der Waals surface area contributed by atoms with Crippen molar-refractivity contribution in [3.63, 3.8) is 0 Å². The van der Waals surface area contributed by atoms with Crippen LogP contribution in [0.5, 0.6) is 0 Å². The number of nitrogens with two attached hydrogens (primary N) is 1. The molecule has 0 aromatic heterocycles. The number of carbonyl (C=O) groups is 1. The summed E-state index contributed by atoms with van der Waals surface area (Å²) in [6.45, 7) is 7.03. The first-order valence-corrected chi connectivity index (χ1v) is 10.8. The molecule has 2 aromatic rings. The second-order valence-corrected chi connectivity index (χ2v) is 8.13. The second-order valence-electron chi connectivity index (χ2n) is 8.13. The lowest BCUT2D eigenvalue weighted by Crippen LogP contribution is -2.49. The zero-order chi connectivity index (χ0) is 21.7. The van der Waals surface area contributed by atoms with Crippen molar-refractivity contribution < 1.29 is 14.3 Å². The summed E-state index contributed by atoms with van der Waals surface area (Å²) in [6.07, 6.45) is 3.29. The molecule has 3 N–H and O–H groups in total. The maximum atomic E-state index is 15.2. The van der Waals surface area contributed by atoms with Crippen molar-refractivity contribution in [3.8, 4) is 11.1 Å². The van der Waals surface area contributed by atoms with Crippen LogP contribution in [0.25, 0.3) is 11.1 Å². The summed E-state index contributed by atoms with van der Waals surface area (Å²) in [4.78, 5) is 13.9. The van der Waals surface area contributed by atoms with E-state index in [-0.39, 0.29) is 24.2 Å². The molecule has 3 rings (SSSR count). The van der Waals surface area contributed by atoms with E-state index in [2.05, 4.69) is 13.8 Å². The summed E-state index contributed by atoms with van der Waals surface area (Å²) < 4.78 is 15.2. The van der Waals surface area contributed by atoms with E-state index in [0.717, 1.165) is 30.4 Å². The van der Waals surface area contributed by atoms with Crippen LogP contribution in [0.2, 0.25) is 0 Å². The van der Waals surface area contributed by atoms with Gasteiger partial charge in [-0.2, -0.15) is 0 Å². The van der Waals surface area contributed by atoms with Crippen molar-refractivity contribution in [2.24, 2.45) is 11.7 Å². The van der Waals surface area contributed by atoms with E-state index in [0.29, 0.717) is 37.1 Å². The van der Waals surface area contributed by atoms with Crippen LogP contribution in [-0.2, 0) is 16.8 Å². The van der Waals surface area contributed by atoms with Gasteiger partial charge in [0.15, 0.2) is 0 Å². The Bertz CT molecular complexity index is 885. The quantitative estimate of drug-likeness (QED) is 0.722. The van der Waals surface area contributed by atoms with E-state index in [1.54, 1.807) is 11.0 Å². The Balaban J connectivity index is 2.10. The van der Waals surface area contributed by atoms with Gasteiger partial charge >= 0.3 is 0 Å². The Morgan fingerprint density at radius 1 is 1.33 bits per heavy atom. The number of carbonyl (C=O) groups excluding carboxylic acids is 1. The maximum Gasteiger partial charge on any atom is 0.236 e. The first-order chi connectivity index (χ1) is 14.4. The molecular formula is C25H32FN2O2. The van der Waals surface area contributed by atoms with Gasteiger partial charge in [0.05, 0.1) is 12.1 Å². The zero-order valence-electron chi connectivity index (χ0n) is 17.7. The van der Waals surface area contributed by atoms with Gasteiger partial charge in [0, 0.05) is 24.6 Å². The third kappa shape index (κ3) is 4.42. The lowest BCUT2D eigenvalue weighted by atomic mass is 9.72. The fraction of sp³-hybridized carbons (Fsp3) is 0.440. The molecule has 0 aliphatic carbocycles. The first kappa shape index (κ1) is 22.4. The second kappa shape index (κ2) is 9.71. The highest BCUT2D eigenvalue weighted by Gasteiger charge is 2.42. The number of aliphatic hydroxyl groups is 1. The average Bonchev–Trinajstić information content (AvgIpc) is 2.78. The topological polar surface area (TPSA) is 66.6 Å². The van der Waals surface area contributed by atoms with E-state index in [1.807, 2.05) is 30.3 Å². The highest BCUT2D eigenvalue weighted by Crippen LogP contribution is 2.44. The lowest BCUT2D eigenvalue weighted by Gasteiger charge is -2.43. The third-order valence-corrected chi connectivity index (χ3v) is 6.29. The Labute approximate surface area is 178 Å². The molecule has 1 fully saturated rings. The number of benzene rings is 2. The maximum absolute atomic E-state index is 15.2. The highest BCUT2D eigenvalue weighted by molar-refractivity contribution is 5.78. The molecule has 1 radical (unpaired) electrons. The van der Waals surface area contributed by atoms with Gasteiger partial charge < -0.3 is 15.7 Å². The number of piperidine rings is 1. The number of halogens is 1. The van der Waals surface area contributed by atoms with Gasteiger partial charge in [-0.15, -0.1) is 0 Å². The summed E-state index contributed by atoms with van der Waals surface area (Å²) in [6, 6.07) is 12.7. The Morgan fingerprint density at radius 2 is 2.10 bits per heavy atom. The predicted molar refractivity (Wildman–Crippen MR) is 118 cm³/mol. The number of amides is 1. The zero-order valence-corrected chi connectivity index (χ0v) is 17.7. The van der Waals surface area contributed by atoms with Crippen LogP contribution in [0.4, 0.5) is 4.39 Å². The molecular weight excluding hydrogens is 379 g/mol. The van der Waals surface area contributed by atoms with Crippen molar-refractivity contribution in [2.75, 3.05) is 19.6 Å². The summed E-state index contributed by atoms with van der Waals surface area (Å²) in [7, 11) is 0. The first-order valence-electron chi connectivity index (χ1n) is 10.8. The third-order valence-electron chi connectivity index (χ3n) is 6.29. The van der Waals surface area contributed by atoms with Crippen molar-refractivity contribution in [3.05, 3.63) is 66.3 Å². The highest BCUT2D eigenvalue weighted by atomic mass is 19.1. The van der Waals surface area contributed by atoms with Crippen LogP contribution < -0.4 is 5.73 Å². The standard InChI is InChI=1S/C25H32FN2O2/c1-3-13-25(30,20-10-7-14-28(17-20)23(29)16-27)21-11-6-12-22(26)24(21)19-9-5-8-18(4-2)15-19/h5-6,8-9,11-12,15,20,30H,1,3-4,7,10,13-14,16-17,27H2,2H3. The molecule has 2 atom stereocenters. The molecule has 1 saturated heterocycles. The van der Waals surface area contributed by atoms with E-state index in [1.165, 1.54) is 6.07 Å². The SMILES string of the molecule is [CH2]CCC(O)(c1cccc(F)c1-c1cccc(CC)c1)C1CCCN(C(=O)CN)C1. The molecule has 1 heterocycles. The minimum absolute atomic E-state index is 0.0461. The van der Waals surface area contributed by atoms with E-state index in [9.17, 15) is 9.90 Å². The smallest absolute Gasteiger partial charge is 0.236 e. The van der Waals surface area contributed by atoms with Crippen LogP contribution in [0.3, 0.4) is 0 Å². The Kier molecular flexibility index (Phi) is 7.27. The lowest BCUT2D eigenvalue weighted by molar-refractivity contribution is -0.135. The summed E-state index contributed by atoms with van der Waals surface area (Å²) >= 11 is 0. The number of likely N-dealkylation sites (tertiary alicyclic amines) is 1. The molecule has 0 saturated carbocycles. The number of hydrogen-bond donors (Lipinski definition) is 2. The molecule has 0 bridgehead atoms. The van der Waals surface area contributed by atoms with Crippen LogP contribution in [0, 0.1) is 18.7 Å². The molecule has 0 spiro atoms. The van der Waals surface area contributed by atoms with Crippen LogP contribution in [0.15, 0.2) is 42.5 Å². The van der Waals surface area contributed by atoms with Gasteiger partial charge in [0.25, 0.3) is 0 Å². The van der Waals surface area contributed by atoms with E-state index < -0.39 is 5.60 Å². The van der Waals surface area contributed by atoms with Crippen LogP contribution >= 0.6 is 0 Å². The minimum Gasteiger partial charge on any atom is -0.385 e. The number of aryl methyl sites for hydroxylation is 1. The van der Waals surface area contributed by atoms with E-state index in [4.69, 9.17) is 5.73 Å². The van der Waals surface area contributed by atoms with Gasteiger partial charge in [-0.25, -0.2) is 4.39 Å². The van der Waals surface area contributed by atoms with E-state index >= 15 is 4.39 Å². The molecule has 1 aliphatic heterocycles. The van der Waals surface area contributed by atoms with Crippen molar-refractivity contribution >= 4 is 5.91 Å². The Hall–Kier alpha value is -2.24. The Morgan fingerprint density at radius 3 is 2.80 bits per heavy atom. The minimum atomic E-state index is -1.28.